The van der Waals surface area contributed by atoms with E-state index in [9.17, 15) is 13.5 Å². The minimum Gasteiger partial charge on any atom is -0.481 e. The number of pyridine rings is 1. The highest BCUT2D eigenvalue weighted by atomic mass is 32.2. The second kappa shape index (κ2) is 10.5. The van der Waals surface area contributed by atoms with Gasteiger partial charge >= 0.3 is 0 Å². The van der Waals surface area contributed by atoms with Crippen LogP contribution < -0.4 is 0 Å². The monoisotopic (exact) mass is 505 g/mol. The number of carboxylic acids is 1. The van der Waals surface area contributed by atoms with Crippen molar-refractivity contribution in [2.75, 3.05) is 6.26 Å². The number of aliphatic hydroxyl groups is 1. The van der Waals surface area contributed by atoms with Gasteiger partial charge in [0, 0.05) is 19.3 Å². The zero-order chi connectivity index (χ0) is 26.0. The molecule has 7 nitrogen and oxygen atoms in total. The molecule has 0 unspecified atom stereocenters. The molecule has 0 bridgehead atoms. The third-order valence-electron chi connectivity index (χ3n) is 8.63. The van der Waals surface area contributed by atoms with E-state index in [-0.39, 0.29) is 6.10 Å². The number of rotatable bonds is 1. The van der Waals surface area contributed by atoms with Crippen LogP contribution >= 0.6 is 0 Å². The number of nitrogens with zero attached hydrogens (tertiary/aromatic N) is 1. The molecule has 1 aromatic heterocycles. The van der Waals surface area contributed by atoms with Gasteiger partial charge in [-0.2, -0.15) is 8.42 Å². The van der Waals surface area contributed by atoms with Crippen molar-refractivity contribution in [3.05, 3.63) is 47.8 Å². The van der Waals surface area contributed by atoms with Gasteiger partial charge in [-0.05, 0) is 90.7 Å². The molecular weight excluding hydrogens is 466 g/mol. The van der Waals surface area contributed by atoms with E-state index < -0.39 is 16.1 Å². The van der Waals surface area contributed by atoms with Crippen LogP contribution in [0.1, 0.15) is 71.3 Å². The van der Waals surface area contributed by atoms with Crippen LogP contribution in [0.3, 0.4) is 0 Å². The molecule has 1 aromatic rings. The van der Waals surface area contributed by atoms with E-state index >= 15 is 0 Å². The molecule has 0 spiro atoms. The lowest BCUT2D eigenvalue weighted by molar-refractivity contribution is -0.134. The van der Waals surface area contributed by atoms with Gasteiger partial charge in [-0.3, -0.25) is 14.3 Å². The van der Waals surface area contributed by atoms with E-state index in [2.05, 4.69) is 43.1 Å². The predicted octanol–water partition coefficient (Wildman–Crippen LogP) is 4.99. The summed E-state index contributed by atoms with van der Waals surface area (Å²) in [6.45, 7) is 6.11. The Hall–Kier alpha value is -2.03. The summed E-state index contributed by atoms with van der Waals surface area (Å²) >= 11 is 0. The van der Waals surface area contributed by atoms with Crippen molar-refractivity contribution in [1.29, 1.82) is 0 Å². The van der Waals surface area contributed by atoms with Gasteiger partial charge in [0.1, 0.15) is 0 Å². The lowest BCUT2D eigenvalue weighted by Crippen LogP contribution is -2.49. The minimum atomic E-state index is -3.67. The fourth-order valence-electron chi connectivity index (χ4n) is 7.18. The number of allylic oxidation sites excluding steroid dienone is 3. The highest BCUT2D eigenvalue weighted by Crippen LogP contribution is 2.66. The normalized spacial score (nSPS) is 35.4. The fourth-order valence-corrected chi connectivity index (χ4v) is 7.18. The van der Waals surface area contributed by atoms with Gasteiger partial charge in [0.15, 0.2) is 0 Å². The van der Waals surface area contributed by atoms with Gasteiger partial charge in [-0.15, -0.1) is 0 Å². The van der Waals surface area contributed by atoms with Crippen molar-refractivity contribution >= 4 is 21.7 Å². The topological polar surface area (TPSA) is 125 Å². The Balaban J connectivity index is 0.000000330. The highest BCUT2D eigenvalue weighted by molar-refractivity contribution is 7.85. The second-order valence-electron chi connectivity index (χ2n) is 11.0. The van der Waals surface area contributed by atoms with Crippen LogP contribution in [0.25, 0.3) is 5.57 Å². The molecule has 3 N–H and O–H groups in total. The first-order valence-corrected chi connectivity index (χ1v) is 14.2. The van der Waals surface area contributed by atoms with Crippen molar-refractivity contribution in [1.82, 2.24) is 4.98 Å². The number of carbonyl (C=O) groups is 1. The number of hydrogen-bond donors (Lipinski definition) is 3. The van der Waals surface area contributed by atoms with E-state index in [1.165, 1.54) is 37.7 Å². The van der Waals surface area contributed by atoms with Gasteiger partial charge in [-0.25, -0.2) is 0 Å². The SMILES string of the molecule is CC(=O)O.CS(=O)(=O)O.C[C@]12CC[C@H](O)CC1=CC[C@@H]1[C@@H]2CC[C@]2(C)C(c3cccnc3)=CC[C@@H]12. The maximum atomic E-state index is 10.2. The second-order valence-corrected chi connectivity index (χ2v) is 12.4. The fraction of sp³-hybridized carbons (Fsp3) is 0.630. The molecule has 2 saturated carbocycles. The number of aliphatic carboxylic acids is 1. The van der Waals surface area contributed by atoms with Crippen LogP contribution in [-0.4, -0.2) is 46.5 Å². The van der Waals surface area contributed by atoms with Crippen molar-refractivity contribution in [3.63, 3.8) is 0 Å². The van der Waals surface area contributed by atoms with Gasteiger partial charge in [0.05, 0.1) is 12.4 Å². The molecule has 2 fully saturated rings. The zero-order valence-electron chi connectivity index (χ0n) is 21.1. The molecule has 6 atom stereocenters. The lowest BCUT2D eigenvalue weighted by atomic mass is 9.47. The van der Waals surface area contributed by atoms with Crippen molar-refractivity contribution in [3.8, 4) is 0 Å². The summed E-state index contributed by atoms with van der Waals surface area (Å²) in [6.07, 6.45) is 17.7. The molecule has 0 radical (unpaired) electrons. The molecule has 0 amide bonds. The van der Waals surface area contributed by atoms with Crippen LogP contribution in [0.2, 0.25) is 0 Å². The number of carboxylic acid groups (broad SMARTS) is 1. The Morgan fingerprint density at radius 2 is 1.71 bits per heavy atom. The molecule has 1 heterocycles. The van der Waals surface area contributed by atoms with Crippen LogP contribution in [-0.2, 0) is 14.9 Å². The summed E-state index contributed by atoms with van der Waals surface area (Å²) in [4.78, 5) is 13.4. The number of fused-ring (bicyclic) bond motifs is 5. The van der Waals surface area contributed by atoms with Crippen molar-refractivity contribution in [2.24, 2.45) is 28.6 Å². The summed E-state index contributed by atoms with van der Waals surface area (Å²) in [7, 11) is -3.67. The Labute approximate surface area is 209 Å². The van der Waals surface area contributed by atoms with Crippen molar-refractivity contribution < 1.29 is 28.0 Å². The number of aliphatic hydroxyl groups excluding tert-OH is 1. The lowest BCUT2D eigenvalue weighted by Gasteiger charge is -2.57. The standard InChI is InChI=1S/C24H31NO.C2H4O2.CH4O3S/c1-23-11-9-18(26)14-17(23)5-6-19-21-8-7-20(16-4-3-13-25-15-16)24(21,2)12-10-22(19)23;1-2(3)4;1-5(2,3)4/h3-5,7,13,15,18-19,21-22,26H,6,8-12,14H2,1-2H3;1H3,(H,3,4);1H3,(H,2,3,4)/t18-,19-,21-,22-,23-,24+;;/m0../s1. The first-order valence-electron chi connectivity index (χ1n) is 12.4. The Kier molecular flexibility index (Phi) is 8.29. The number of aromatic nitrogens is 1. The summed E-state index contributed by atoms with van der Waals surface area (Å²) in [5.41, 5.74) is 5.09. The van der Waals surface area contributed by atoms with E-state index in [4.69, 9.17) is 14.5 Å². The smallest absolute Gasteiger partial charge is 0.300 e. The van der Waals surface area contributed by atoms with Crippen LogP contribution in [0.4, 0.5) is 0 Å². The molecule has 4 aliphatic carbocycles. The molecule has 8 heteroatoms. The highest BCUT2D eigenvalue weighted by Gasteiger charge is 2.56. The molecule has 35 heavy (non-hydrogen) atoms. The van der Waals surface area contributed by atoms with Gasteiger partial charge in [-0.1, -0.05) is 37.6 Å². The van der Waals surface area contributed by atoms with Crippen molar-refractivity contribution in [2.45, 2.75) is 71.8 Å². The zero-order valence-corrected chi connectivity index (χ0v) is 22.0. The average Bonchev–Trinajstić information content (AvgIpc) is 3.10. The summed E-state index contributed by atoms with van der Waals surface area (Å²) in [5, 5.41) is 17.6. The quantitative estimate of drug-likeness (QED) is 0.362. The largest absolute Gasteiger partial charge is 0.481 e. The predicted molar refractivity (Wildman–Crippen MR) is 136 cm³/mol. The average molecular weight is 506 g/mol. The Bertz CT molecular complexity index is 1070. The Morgan fingerprint density at radius 3 is 2.31 bits per heavy atom. The van der Waals surface area contributed by atoms with E-state index in [1.54, 1.807) is 11.1 Å². The van der Waals surface area contributed by atoms with E-state index in [1.807, 2.05) is 12.4 Å². The minimum absolute atomic E-state index is 0.106. The molecule has 0 saturated heterocycles. The number of hydrogen-bond acceptors (Lipinski definition) is 5. The van der Waals surface area contributed by atoms with E-state index in [0.29, 0.717) is 17.1 Å². The van der Waals surface area contributed by atoms with Crippen LogP contribution in [0.5, 0.6) is 0 Å². The Morgan fingerprint density at radius 1 is 1.09 bits per heavy atom. The maximum absolute atomic E-state index is 10.2. The molecular formula is C27H39NO6S. The maximum Gasteiger partial charge on any atom is 0.300 e. The molecule has 0 aliphatic heterocycles. The molecule has 5 rings (SSSR count). The third-order valence-corrected chi connectivity index (χ3v) is 8.63. The summed E-state index contributed by atoms with van der Waals surface area (Å²) < 4.78 is 25.9. The van der Waals surface area contributed by atoms with Crippen LogP contribution in [0, 0.1) is 28.6 Å². The third kappa shape index (κ3) is 6.22. The van der Waals surface area contributed by atoms with Gasteiger partial charge in [0.2, 0.25) is 0 Å². The van der Waals surface area contributed by atoms with E-state index in [0.717, 1.165) is 37.5 Å². The summed E-state index contributed by atoms with van der Waals surface area (Å²) in [6, 6.07) is 4.31. The summed E-state index contributed by atoms with van der Waals surface area (Å²) in [5.74, 6) is 1.52. The van der Waals surface area contributed by atoms with Crippen LogP contribution in [0.15, 0.2) is 42.3 Å². The molecule has 0 aromatic carbocycles. The van der Waals surface area contributed by atoms with Gasteiger partial charge < -0.3 is 10.2 Å². The molecule has 194 valence electrons. The van der Waals surface area contributed by atoms with Gasteiger partial charge in [0.25, 0.3) is 16.1 Å². The first-order chi connectivity index (χ1) is 16.3. The molecule has 4 aliphatic rings. The first kappa shape index (κ1) is 27.6.